The molecule has 0 spiro atoms. The summed E-state index contributed by atoms with van der Waals surface area (Å²) in [6.07, 6.45) is 7.05. The van der Waals surface area contributed by atoms with Crippen LogP contribution in [0.15, 0.2) is 9.59 Å². The van der Waals surface area contributed by atoms with Gasteiger partial charge in [0.1, 0.15) is 11.5 Å². The molecule has 4 aliphatic carbocycles. The summed E-state index contributed by atoms with van der Waals surface area (Å²) in [5.74, 6) is 2.32. The number of rotatable bonds is 4. The number of fused-ring (bicyclic) bond motifs is 1. The van der Waals surface area contributed by atoms with Crippen molar-refractivity contribution in [2.75, 3.05) is 17.2 Å². The first-order chi connectivity index (χ1) is 13.0. The van der Waals surface area contributed by atoms with Gasteiger partial charge in [-0.2, -0.15) is 0 Å². The standard InChI is InChI=1S/C20H28N4O3/c1-2-5-24-17(25)15(16-21-4-3-6-23(16)19(24)27)22-18(26)20-10-12-7-13(11-20)9-14(20)8-12/h12-14,21H,2-11H2,1H3,(H,22,26). The van der Waals surface area contributed by atoms with E-state index >= 15 is 0 Å². The van der Waals surface area contributed by atoms with Crippen LogP contribution >= 0.6 is 0 Å². The van der Waals surface area contributed by atoms with E-state index in [2.05, 4.69) is 10.6 Å². The molecule has 0 radical (unpaired) electrons. The molecule has 2 unspecified atom stereocenters. The number of nitrogens with zero attached hydrogens (tertiary/aromatic N) is 2. The lowest BCUT2D eigenvalue weighted by atomic mass is 9.75. The quantitative estimate of drug-likeness (QED) is 0.847. The van der Waals surface area contributed by atoms with Gasteiger partial charge in [-0.05, 0) is 62.7 Å². The third-order valence-electron chi connectivity index (χ3n) is 7.41. The molecule has 4 saturated carbocycles. The van der Waals surface area contributed by atoms with E-state index in [0.29, 0.717) is 49.6 Å². The molecule has 0 saturated heterocycles. The van der Waals surface area contributed by atoms with Crippen LogP contribution in [0.2, 0.25) is 0 Å². The average molecular weight is 372 g/mol. The first-order valence-corrected chi connectivity index (χ1v) is 10.5. The van der Waals surface area contributed by atoms with Gasteiger partial charge in [-0.1, -0.05) is 6.92 Å². The highest BCUT2D eigenvalue weighted by Gasteiger charge is 2.61. The van der Waals surface area contributed by atoms with E-state index < -0.39 is 0 Å². The third kappa shape index (κ3) is 2.36. The Morgan fingerprint density at radius 2 is 1.96 bits per heavy atom. The van der Waals surface area contributed by atoms with E-state index in [0.717, 1.165) is 32.1 Å². The lowest BCUT2D eigenvalue weighted by Gasteiger charge is -2.32. The van der Waals surface area contributed by atoms with Gasteiger partial charge in [-0.15, -0.1) is 0 Å². The van der Waals surface area contributed by atoms with Crippen molar-refractivity contribution in [3.05, 3.63) is 20.8 Å². The van der Waals surface area contributed by atoms with Crippen molar-refractivity contribution in [3.63, 3.8) is 0 Å². The van der Waals surface area contributed by atoms with Gasteiger partial charge in [-0.25, -0.2) is 4.79 Å². The molecule has 5 aliphatic rings. The molecule has 4 fully saturated rings. The number of aromatic nitrogens is 2. The minimum Gasteiger partial charge on any atom is -0.369 e. The van der Waals surface area contributed by atoms with Gasteiger partial charge < -0.3 is 10.6 Å². The Kier molecular flexibility index (Phi) is 3.78. The maximum Gasteiger partial charge on any atom is 0.332 e. The highest BCUT2D eigenvalue weighted by molar-refractivity contribution is 5.98. The van der Waals surface area contributed by atoms with Crippen molar-refractivity contribution < 1.29 is 4.79 Å². The van der Waals surface area contributed by atoms with Gasteiger partial charge >= 0.3 is 5.69 Å². The van der Waals surface area contributed by atoms with E-state index in [1.807, 2.05) is 6.92 Å². The second-order valence-electron chi connectivity index (χ2n) is 9.05. The average Bonchev–Trinajstić information content (AvgIpc) is 3.07. The van der Waals surface area contributed by atoms with Crippen molar-refractivity contribution in [2.45, 2.75) is 65.0 Å². The van der Waals surface area contributed by atoms with Crippen LogP contribution in [-0.2, 0) is 17.9 Å². The zero-order valence-electron chi connectivity index (χ0n) is 15.9. The van der Waals surface area contributed by atoms with Crippen LogP contribution in [0.4, 0.5) is 11.5 Å². The van der Waals surface area contributed by atoms with Crippen LogP contribution < -0.4 is 21.9 Å². The lowest BCUT2D eigenvalue weighted by Crippen LogP contribution is -2.46. The summed E-state index contributed by atoms with van der Waals surface area (Å²) in [6.45, 7) is 3.60. The summed E-state index contributed by atoms with van der Waals surface area (Å²) in [6, 6.07) is 0. The van der Waals surface area contributed by atoms with Gasteiger partial charge in [-0.3, -0.25) is 18.7 Å². The third-order valence-corrected chi connectivity index (χ3v) is 7.41. The van der Waals surface area contributed by atoms with Crippen molar-refractivity contribution >= 4 is 17.4 Å². The molecule has 4 bridgehead atoms. The number of anilines is 2. The number of hydrogen-bond acceptors (Lipinski definition) is 4. The molecular formula is C20H28N4O3. The fraction of sp³-hybridized carbons (Fsp3) is 0.750. The summed E-state index contributed by atoms with van der Waals surface area (Å²) >= 11 is 0. The van der Waals surface area contributed by atoms with Gasteiger partial charge in [0, 0.05) is 19.6 Å². The Balaban J connectivity index is 1.55. The summed E-state index contributed by atoms with van der Waals surface area (Å²) in [4.78, 5) is 39.2. The van der Waals surface area contributed by atoms with E-state index in [1.54, 1.807) is 4.57 Å². The summed E-state index contributed by atoms with van der Waals surface area (Å²) in [5.41, 5.74) is -0.669. The number of nitrogens with one attached hydrogen (secondary N) is 2. The molecule has 1 aliphatic heterocycles. The fourth-order valence-corrected chi connectivity index (χ4v) is 6.47. The Bertz CT molecular complexity index is 901. The van der Waals surface area contributed by atoms with Gasteiger partial charge in [0.05, 0.1) is 5.41 Å². The van der Waals surface area contributed by atoms with E-state index in [9.17, 15) is 14.4 Å². The van der Waals surface area contributed by atoms with Crippen molar-refractivity contribution in [2.24, 2.45) is 23.2 Å². The monoisotopic (exact) mass is 372 g/mol. The number of carbonyl (C=O) groups excluding carboxylic acids is 1. The topological polar surface area (TPSA) is 85.1 Å². The molecule has 2 atom stereocenters. The first-order valence-electron chi connectivity index (χ1n) is 10.5. The molecule has 7 nitrogen and oxygen atoms in total. The smallest absolute Gasteiger partial charge is 0.332 e. The highest BCUT2D eigenvalue weighted by Crippen LogP contribution is 2.65. The van der Waals surface area contributed by atoms with E-state index in [4.69, 9.17) is 0 Å². The molecule has 1 amide bonds. The van der Waals surface area contributed by atoms with Gasteiger partial charge in [0.2, 0.25) is 5.91 Å². The maximum absolute atomic E-state index is 13.4. The molecule has 6 rings (SSSR count). The van der Waals surface area contributed by atoms with Crippen LogP contribution in [0.25, 0.3) is 0 Å². The van der Waals surface area contributed by atoms with Crippen LogP contribution in [0.5, 0.6) is 0 Å². The molecule has 2 heterocycles. The van der Waals surface area contributed by atoms with E-state index in [1.165, 1.54) is 11.0 Å². The first kappa shape index (κ1) is 17.1. The molecule has 1 aromatic heterocycles. The fourth-order valence-electron chi connectivity index (χ4n) is 6.47. The highest BCUT2D eigenvalue weighted by atomic mass is 16.2. The lowest BCUT2D eigenvalue weighted by molar-refractivity contribution is -0.127. The van der Waals surface area contributed by atoms with Crippen molar-refractivity contribution in [3.8, 4) is 0 Å². The number of hydrogen-bond donors (Lipinski definition) is 2. The van der Waals surface area contributed by atoms with Crippen LogP contribution in [-0.4, -0.2) is 21.6 Å². The normalized spacial score (nSPS) is 33.0. The number of amides is 1. The van der Waals surface area contributed by atoms with Gasteiger partial charge in [0.25, 0.3) is 5.56 Å². The predicted octanol–water partition coefficient (Wildman–Crippen LogP) is 2.00. The van der Waals surface area contributed by atoms with Crippen LogP contribution in [0.1, 0.15) is 51.9 Å². The van der Waals surface area contributed by atoms with Crippen LogP contribution in [0, 0.1) is 23.2 Å². The summed E-state index contributed by atoms with van der Waals surface area (Å²) in [7, 11) is 0. The van der Waals surface area contributed by atoms with Crippen molar-refractivity contribution in [1.82, 2.24) is 9.13 Å². The van der Waals surface area contributed by atoms with Crippen molar-refractivity contribution in [1.29, 1.82) is 0 Å². The summed E-state index contributed by atoms with van der Waals surface area (Å²) in [5, 5.41) is 6.20. The second kappa shape index (κ2) is 5.97. The molecule has 0 aromatic carbocycles. The van der Waals surface area contributed by atoms with E-state index in [-0.39, 0.29) is 28.3 Å². The molecule has 7 heteroatoms. The Labute approximate surface area is 158 Å². The molecule has 1 aromatic rings. The molecule has 27 heavy (non-hydrogen) atoms. The minimum absolute atomic E-state index is 0.00571. The maximum atomic E-state index is 13.4. The zero-order chi connectivity index (χ0) is 18.8. The molecular weight excluding hydrogens is 344 g/mol. The predicted molar refractivity (Wildman–Crippen MR) is 103 cm³/mol. The minimum atomic E-state index is -0.370. The largest absolute Gasteiger partial charge is 0.369 e. The Morgan fingerprint density at radius 3 is 2.67 bits per heavy atom. The Hall–Kier alpha value is -2.05. The van der Waals surface area contributed by atoms with Crippen LogP contribution in [0.3, 0.4) is 0 Å². The Morgan fingerprint density at radius 1 is 1.22 bits per heavy atom. The van der Waals surface area contributed by atoms with Gasteiger partial charge in [0.15, 0.2) is 0 Å². The second-order valence-corrected chi connectivity index (χ2v) is 9.05. The SMILES string of the molecule is CCCn1c(=O)c(NC(=O)C23CC4CC(CC2C4)C3)c2n(c1=O)CCCN2. The molecule has 2 N–H and O–H groups in total. The zero-order valence-corrected chi connectivity index (χ0v) is 15.9. The molecule has 146 valence electrons. The summed E-state index contributed by atoms with van der Waals surface area (Å²) < 4.78 is 2.90. The number of carbonyl (C=O) groups is 1.